The van der Waals surface area contributed by atoms with Crippen LogP contribution in [0, 0.1) is 6.92 Å². The molecule has 0 fully saturated rings. The Hall–Kier alpha value is -3.06. The van der Waals surface area contributed by atoms with Crippen LogP contribution in [0.2, 0.25) is 0 Å². The monoisotopic (exact) mass is 477 g/mol. The smallest absolute Gasteiger partial charge is 0.257 e. The number of nitrogens with zero attached hydrogens (tertiary/aromatic N) is 3. The van der Waals surface area contributed by atoms with Gasteiger partial charge in [-0.25, -0.2) is 4.99 Å². The maximum Gasteiger partial charge on any atom is 0.257 e. The summed E-state index contributed by atoms with van der Waals surface area (Å²) in [6.07, 6.45) is 5.09. The number of benzene rings is 2. The van der Waals surface area contributed by atoms with Crippen molar-refractivity contribution in [3.05, 3.63) is 77.1 Å². The standard InChI is InChI=1S/C27H35N5OS/c1-7-15-32-18-21(19(2)31-32)17-28-26(29-23-9-8-10-24(16-23)34-6)30-25(33)20-11-13-22(14-12-20)27(3,4)5/h8-14,16,18H,7,15,17H2,1-6H3,(H2,28,29,30,33). The predicted molar refractivity (Wildman–Crippen MR) is 143 cm³/mol. The fourth-order valence-corrected chi connectivity index (χ4v) is 3.93. The highest BCUT2D eigenvalue weighted by atomic mass is 32.2. The van der Waals surface area contributed by atoms with Crippen molar-refractivity contribution in [2.45, 2.75) is 64.4 Å². The zero-order valence-corrected chi connectivity index (χ0v) is 21.8. The summed E-state index contributed by atoms with van der Waals surface area (Å²) in [4.78, 5) is 18.9. The number of aryl methyl sites for hydroxylation is 2. The van der Waals surface area contributed by atoms with Gasteiger partial charge in [-0.1, -0.05) is 45.9 Å². The number of aliphatic imine (C=N–C) groups is 1. The summed E-state index contributed by atoms with van der Waals surface area (Å²) >= 11 is 1.67. The molecule has 2 aromatic carbocycles. The molecular formula is C27H35N5OS. The van der Waals surface area contributed by atoms with Crippen LogP contribution in [0.25, 0.3) is 0 Å². The molecule has 0 atom stereocenters. The Morgan fingerprint density at radius 2 is 1.88 bits per heavy atom. The molecule has 3 rings (SSSR count). The van der Waals surface area contributed by atoms with Crippen molar-refractivity contribution in [3.8, 4) is 0 Å². The second kappa shape index (κ2) is 11.4. The van der Waals surface area contributed by atoms with Gasteiger partial charge in [0.15, 0.2) is 0 Å². The number of aromatic nitrogens is 2. The maximum absolute atomic E-state index is 13.0. The van der Waals surface area contributed by atoms with Gasteiger partial charge in [-0.2, -0.15) is 5.10 Å². The number of amides is 1. The number of guanidine groups is 1. The van der Waals surface area contributed by atoms with Crippen LogP contribution in [0.3, 0.4) is 0 Å². The number of anilines is 1. The topological polar surface area (TPSA) is 71.3 Å². The molecule has 0 saturated heterocycles. The van der Waals surface area contributed by atoms with E-state index >= 15 is 0 Å². The summed E-state index contributed by atoms with van der Waals surface area (Å²) in [5.41, 5.74) is 4.66. The SMILES string of the molecule is CCCn1cc(CN=C(NC(=O)c2ccc(C(C)(C)C)cc2)Nc2cccc(SC)c2)c(C)n1. The van der Waals surface area contributed by atoms with Crippen LogP contribution in [0.5, 0.6) is 0 Å². The minimum absolute atomic E-state index is 0.0333. The minimum Gasteiger partial charge on any atom is -0.326 e. The first-order valence-electron chi connectivity index (χ1n) is 11.6. The van der Waals surface area contributed by atoms with Crippen molar-refractivity contribution in [1.82, 2.24) is 15.1 Å². The number of nitrogens with one attached hydrogen (secondary N) is 2. The van der Waals surface area contributed by atoms with E-state index in [1.165, 1.54) is 5.56 Å². The van der Waals surface area contributed by atoms with Crippen LogP contribution >= 0.6 is 11.8 Å². The third-order valence-electron chi connectivity index (χ3n) is 5.49. The quantitative estimate of drug-likeness (QED) is 0.248. The van der Waals surface area contributed by atoms with Crippen LogP contribution in [0.1, 0.15) is 61.3 Å². The van der Waals surface area contributed by atoms with E-state index < -0.39 is 0 Å². The van der Waals surface area contributed by atoms with Crippen LogP contribution in [0.4, 0.5) is 5.69 Å². The number of hydrogen-bond donors (Lipinski definition) is 2. The van der Waals surface area contributed by atoms with Gasteiger partial charge in [-0.15, -0.1) is 11.8 Å². The van der Waals surface area contributed by atoms with E-state index in [1.54, 1.807) is 11.8 Å². The summed E-state index contributed by atoms with van der Waals surface area (Å²) in [5, 5.41) is 10.8. The number of rotatable bonds is 7. The fourth-order valence-electron chi connectivity index (χ4n) is 3.47. The Kier molecular flexibility index (Phi) is 8.56. The van der Waals surface area contributed by atoms with Crippen molar-refractivity contribution < 1.29 is 4.79 Å². The molecule has 0 unspecified atom stereocenters. The van der Waals surface area contributed by atoms with E-state index in [9.17, 15) is 4.79 Å². The van der Waals surface area contributed by atoms with Crippen molar-refractivity contribution >= 4 is 29.3 Å². The Labute approximate surface area is 207 Å². The van der Waals surface area contributed by atoms with Crippen molar-refractivity contribution in [3.63, 3.8) is 0 Å². The van der Waals surface area contributed by atoms with Crippen molar-refractivity contribution in [2.24, 2.45) is 4.99 Å². The molecule has 1 amide bonds. The lowest BCUT2D eigenvalue weighted by molar-refractivity contribution is 0.0977. The summed E-state index contributed by atoms with van der Waals surface area (Å²) < 4.78 is 1.95. The fraction of sp³-hybridized carbons (Fsp3) is 0.370. The Morgan fingerprint density at radius 1 is 1.15 bits per heavy atom. The highest BCUT2D eigenvalue weighted by Gasteiger charge is 2.15. The normalized spacial score (nSPS) is 12.0. The first-order chi connectivity index (χ1) is 16.2. The van der Waals surface area contributed by atoms with E-state index in [1.807, 2.05) is 72.6 Å². The molecule has 2 N–H and O–H groups in total. The van der Waals surface area contributed by atoms with E-state index in [-0.39, 0.29) is 11.3 Å². The number of carbonyl (C=O) groups excluding carboxylic acids is 1. The third kappa shape index (κ3) is 6.97. The molecule has 6 nitrogen and oxygen atoms in total. The summed E-state index contributed by atoms with van der Waals surface area (Å²) in [5.74, 6) is 0.205. The molecule has 34 heavy (non-hydrogen) atoms. The average molecular weight is 478 g/mol. The van der Waals surface area contributed by atoms with Gasteiger partial charge in [0.2, 0.25) is 5.96 Å². The molecule has 0 bridgehead atoms. The number of thioether (sulfide) groups is 1. The largest absolute Gasteiger partial charge is 0.326 e. The second-order valence-corrected chi connectivity index (χ2v) is 10.2. The van der Waals surface area contributed by atoms with E-state index in [4.69, 9.17) is 4.99 Å². The van der Waals surface area contributed by atoms with Crippen LogP contribution in [0.15, 0.2) is 64.6 Å². The van der Waals surface area contributed by atoms with E-state index in [0.29, 0.717) is 18.1 Å². The zero-order valence-electron chi connectivity index (χ0n) is 21.0. The second-order valence-electron chi connectivity index (χ2n) is 9.31. The van der Waals surface area contributed by atoms with Crippen LogP contribution < -0.4 is 10.6 Å². The summed E-state index contributed by atoms with van der Waals surface area (Å²) in [6.45, 7) is 11.9. The Morgan fingerprint density at radius 3 is 2.53 bits per heavy atom. The summed E-state index contributed by atoms with van der Waals surface area (Å²) in [7, 11) is 0. The molecule has 0 radical (unpaired) electrons. The van der Waals surface area contributed by atoms with Gasteiger partial charge in [0.05, 0.1) is 12.2 Å². The maximum atomic E-state index is 13.0. The molecular weight excluding hydrogens is 442 g/mol. The minimum atomic E-state index is -0.203. The molecule has 0 aliphatic heterocycles. The van der Waals surface area contributed by atoms with Crippen molar-refractivity contribution in [1.29, 1.82) is 0 Å². The van der Waals surface area contributed by atoms with Gasteiger partial charge in [0.25, 0.3) is 5.91 Å². The van der Waals surface area contributed by atoms with Gasteiger partial charge in [-0.3, -0.25) is 14.8 Å². The Bertz CT molecular complexity index is 1140. The third-order valence-corrected chi connectivity index (χ3v) is 6.21. The average Bonchev–Trinajstić information content (AvgIpc) is 3.16. The first kappa shape index (κ1) is 25.6. The molecule has 180 valence electrons. The molecule has 0 spiro atoms. The zero-order chi connectivity index (χ0) is 24.7. The van der Waals surface area contributed by atoms with Crippen molar-refractivity contribution in [2.75, 3.05) is 11.6 Å². The van der Waals surface area contributed by atoms with Gasteiger partial charge < -0.3 is 5.32 Å². The molecule has 3 aromatic rings. The molecule has 1 aromatic heterocycles. The number of carbonyl (C=O) groups is 1. The lowest BCUT2D eigenvalue weighted by Crippen LogP contribution is -2.36. The van der Waals surface area contributed by atoms with E-state index in [0.717, 1.165) is 34.8 Å². The highest BCUT2D eigenvalue weighted by molar-refractivity contribution is 7.98. The highest BCUT2D eigenvalue weighted by Crippen LogP contribution is 2.22. The van der Waals surface area contributed by atoms with Gasteiger partial charge in [0, 0.05) is 34.5 Å². The van der Waals surface area contributed by atoms with Crippen LogP contribution in [-0.2, 0) is 18.5 Å². The Balaban J connectivity index is 1.83. The first-order valence-corrected chi connectivity index (χ1v) is 12.8. The molecule has 1 heterocycles. The van der Waals surface area contributed by atoms with Crippen LogP contribution in [-0.4, -0.2) is 27.9 Å². The molecule has 7 heteroatoms. The number of hydrogen-bond acceptors (Lipinski definition) is 4. The predicted octanol–water partition coefficient (Wildman–Crippen LogP) is 6.02. The molecule has 0 saturated carbocycles. The van der Waals surface area contributed by atoms with Gasteiger partial charge in [-0.05, 0) is 60.9 Å². The lowest BCUT2D eigenvalue weighted by Gasteiger charge is -2.19. The van der Waals surface area contributed by atoms with Gasteiger partial charge in [0.1, 0.15) is 0 Å². The van der Waals surface area contributed by atoms with E-state index in [2.05, 4.69) is 43.4 Å². The molecule has 0 aliphatic carbocycles. The molecule has 0 aliphatic rings. The lowest BCUT2D eigenvalue weighted by atomic mass is 9.87. The van der Waals surface area contributed by atoms with Gasteiger partial charge >= 0.3 is 0 Å². The summed E-state index contributed by atoms with van der Waals surface area (Å²) in [6, 6.07) is 15.8.